The molecule has 1 aromatic carbocycles. The van der Waals surface area contributed by atoms with Gasteiger partial charge in [-0.25, -0.2) is 15.0 Å². The summed E-state index contributed by atoms with van der Waals surface area (Å²) in [5.74, 6) is 0.241. The van der Waals surface area contributed by atoms with Crippen LogP contribution in [0.2, 0.25) is 0 Å². The van der Waals surface area contributed by atoms with Crippen LogP contribution in [0.5, 0.6) is 0 Å². The molecule has 0 saturated heterocycles. The number of hydrogen-bond acceptors (Lipinski definition) is 6. The molecule has 128 valence electrons. The second kappa shape index (κ2) is 6.50. The van der Waals surface area contributed by atoms with Gasteiger partial charge in [-0.15, -0.1) is 11.3 Å². The molecule has 0 fully saturated rings. The van der Waals surface area contributed by atoms with Crippen LogP contribution in [-0.2, 0) is 17.8 Å². The number of nitrogens with zero attached hydrogens (tertiary/aromatic N) is 4. The molecular weight excluding hydrogens is 334 g/mol. The molecule has 0 radical (unpaired) electrons. The second-order valence-corrected chi connectivity index (χ2v) is 7.21. The van der Waals surface area contributed by atoms with Crippen molar-refractivity contribution < 1.29 is 4.79 Å². The Morgan fingerprint density at radius 2 is 2.24 bits per heavy atom. The quantitative estimate of drug-likeness (QED) is 0.783. The van der Waals surface area contributed by atoms with Gasteiger partial charge in [-0.2, -0.15) is 0 Å². The van der Waals surface area contributed by atoms with Crippen LogP contribution in [0.4, 0.5) is 5.95 Å². The highest BCUT2D eigenvalue weighted by Gasteiger charge is 2.23. The first kappa shape index (κ1) is 16.1. The Morgan fingerprint density at radius 1 is 1.36 bits per heavy atom. The van der Waals surface area contributed by atoms with Crippen molar-refractivity contribution in [2.24, 2.45) is 0 Å². The first-order valence-corrected chi connectivity index (χ1v) is 9.17. The van der Waals surface area contributed by atoms with Gasteiger partial charge in [0, 0.05) is 44.2 Å². The van der Waals surface area contributed by atoms with Crippen molar-refractivity contribution in [2.75, 3.05) is 11.9 Å². The Labute approximate surface area is 149 Å². The molecule has 7 heteroatoms. The summed E-state index contributed by atoms with van der Waals surface area (Å²) in [6.45, 7) is 5.43. The smallest absolute Gasteiger partial charge is 0.229 e. The van der Waals surface area contributed by atoms with Gasteiger partial charge < -0.3 is 0 Å². The zero-order valence-electron chi connectivity index (χ0n) is 14.2. The average Bonchev–Trinajstić information content (AvgIpc) is 3.07. The summed E-state index contributed by atoms with van der Waals surface area (Å²) >= 11 is 1.67. The van der Waals surface area contributed by atoms with Gasteiger partial charge in [-0.3, -0.25) is 15.0 Å². The van der Waals surface area contributed by atoms with E-state index in [4.69, 9.17) is 0 Å². The number of amides is 1. The maximum Gasteiger partial charge on any atom is 0.229 e. The normalized spacial score (nSPS) is 15.8. The molecule has 6 nitrogen and oxygen atoms in total. The first-order valence-electron chi connectivity index (χ1n) is 8.30. The Morgan fingerprint density at radius 3 is 3.08 bits per heavy atom. The maximum atomic E-state index is 11.1. The summed E-state index contributed by atoms with van der Waals surface area (Å²) in [5, 5.41) is 2.65. The predicted molar refractivity (Wildman–Crippen MR) is 98.5 cm³/mol. The van der Waals surface area contributed by atoms with Gasteiger partial charge in [-0.1, -0.05) is 6.07 Å². The lowest BCUT2D eigenvalue weighted by atomic mass is 10.0. The highest BCUT2D eigenvalue weighted by molar-refractivity contribution is 7.16. The summed E-state index contributed by atoms with van der Waals surface area (Å²) in [6.07, 6.45) is 2.68. The van der Waals surface area contributed by atoms with E-state index in [-0.39, 0.29) is 5.91 Å². The van der Waals surface area contributed by atoms with Crippen LogP contribution in [-0.4, -0.2) is 32.3 Å². The summed E-state index contributed by atoms with van der Waals surface area (Å²) in [5.41, 5.74) is 6.38. The molecule has 25 heavy (non-hydrogen) atoms. The Bertz CT molecular complexity index is 938. The molecule has 1 amide bonds. The lowest BCUT2D eigenvalue weighted by molar-refractivity contribution is -0.114. The molecule has 1 N–H and O–H groups in total. The van der Waals surface area contributed by atoms with E-state index in [0.29, 0.717) is 12.0 Å². The molecule has 0 spiro atoms. The third-order valence-electron chi connectivity index (χ3n) is 4.64. The van der Waals surface area contributed by atoms with Crippen LogP contribution >= 0.6 is 11.3 Å². The van der Waals surface area contributed by atoms with E-state index in [0.717, 1.165) is 36.3 Å². The van der Waals surface area contributed by atoms with E-state index in [2.05, 4.69) is 50.3 Å². The molecule has 0 bridgehead atoms. The number of aromatic nitrogens is 3. The lowest BCUT2D eigenvalue weighted by Gasteiger charge is -2.33. The average molecular weight is 353 g/mol. The van der Waals surface area contributed by atoms with E-state index in [9.17, 15) is 4.79 Å². The molecule has 1 unspecified atom stereocenters. The van der Waals surface area contributed by atoms with Gasteiger partial charge in [0.15, 0.2) is 0 Å². The summed E-state index contributed by atoms with van der Waals surface area (Å²) in [6, 6.07) is 6.83. The Hall–Kier alpha value is -2.38. The van der Waals surface area contributed by atoms with Gasteiger partial charge >= 0.3 is 0 Å². The van der Waals surface area contributed by atoms with Gasteiger partial charge in [0.05, 0.1) is 21.4 Å². The number of nitrogens with one attached hydrogen (secondary N) is 1. The number of anilines is 1. The third-order valence-corrected chi connectivity index (χ3v) is 5.45. The van der Waals surface area contributed by atoms with Crippen molar-refractivity contribution in [1.82, 2.24) is 19.9 Å². The SMILES string of the molecule is CC(=O)Nc1ncc2c(n1)CCN(C(C)c1ccc3scnc3c1)C2. The summed E-state index contributed by atoms with van der Waals surface area (Å²) < 4.78 is 1.22. The van der Waals surface area contributed by atoms with Crippen LogP contribution in [0.1, 0.15) is 36.7 Å². The number of thiazole rings is 1. The van der Waals surface area contributed by atoms with E-state index in [1.165, 1.54) is 17.2 Å². The topological polar surface area (TPSA) is 71.0 Å². The van der Waals surface area contributed by atoms with Gasteiger partial charge in [-0.05, 0) is 24.6 Å². The first-order chi connectivity index (χ1) is 12.1. The van der Waals surface area contributed by atoms with Crippen molar-refractivity contribution in [3.8, 4) is 0 Å². The lowest BCUT2D eigenvalue weighted by Crippen LogP contribution is -2.33. The summed E-state index contributed by atoms with van der Waals surface area (Å²) in [4.78, 5) is 26.7. The molecule has 1 aliphatic rings. The van der Waals surface area contributed by atoms with Crippen molar-refractivity contribution in [2.45, 2.75) is 32.9 Å². The van der Waals surface area contributed by atoms with Crippen molar-refractivity contribution in [3.05, 3.63) is 46.7 Å². The van der Waals surface area contributed by atoms with E-state index < -0.39 is 0 Å². The molecule has 0 saturated carbocycles. The minimum Gasteiger partial charge on any atom is -0.295 e. The minimum absolute atomic E-state index is 0.150. The van der Waals surface area contributed by atoms with Gasteiger partial charge in [0.1, 0.15) is 0 Å². The fourth-order valence-electron chi connectivity index (χ4n) is 3.23. The van der Waals surface area contributed by atoms with Crippen LogP contribution in [0.15, 0.2) is 29.9 Å². The molecular formula is C18H19N5OS. The predicted octanol–water partition coefficient (Wildman–Crippen LogP) is 3.16. The van der Waals surface area contributed by atoms with E-state index in [1.807, 2.05) is 11.7 Å². The van der Waals surface area contributed by atoms with Crippen LogP contribution in [0.25, 0.3) is 10.2 Å². The minimum atomic E-state index is -0.150. The highest BCUT2D eigenvalue weighted by atomic mass is 32.1. The van der Waals surface area contributed by atoms with Gasteiger partial charge in [0.25, 0.3) is 0 Å². The van der Waals surface area contributed by atoms with Gasteiger partial charge in [0.2, 0.25) is 11.9 Å². The number of carbonyl (C=O) groups is 1. The molecule has 3 heterocycles. The third kappa shape index (κ3) is 3.25. The maximum absolute atomic E-state index is 11.1. The second-order valence-electron chi connectivity index (χ2n) is 6.32. The molecule has 0 aliphatic carbocycles. The number of rotatable bonds is 3. The van der Waals surface area contributed by atoms with Crippen LogP contribution < -0.4 is 5.32 Å². The molecule has 1 aliphatic heterocycles. The number of fused-ring (bicyclic) bond motifs is 2. The highest BCUT2D eigenvalue weighted by Crippen LogP contribution is 2.29. The zero-order chi connectivity index (χ0) is 17.4. The van der Waals surface area contributed by atoms with Crippen molar-refractivity contribution in [1.29, 1.82) is 0 Å². The van der Waals surface area contributed by atoms with E-state index >= 15 is 0 Å². The standard InChI is InChI=1S/C18H19N5OS/c1-11(13-3-4-17-16(7-13)20-10-25-17)23-6-5-15-14(9-23)8-19-18(22-15)21-12(2)24/h3-4,7-8,10-11H,5-6,9H2,1-2H3,(H,19,21,22,24). The van der Waals surface area contributed by atoms with Crippen LogP contribution in [0, 0.1) is 0 Å². The van der Waals surface area contributed by atoms with E-state index in [1.54, 1.807) is 11.3 Å². The fourth-order valence-corrected chi connectivity index (χ4v) is 3.89. The molecule has 1 atom stereocenters. The summed E-state index contributed by atoms with van der Waals surface area (Å²) in [7, 11) is 0. The fraction of sp³-hybridized carbons (Fsp3) is 0.333. The Balaban J connectivity index is 1.54. The monoisotopic (exact) mass is 353 g/mol. The molecule has 3 aromatic rings. The molecule has 2 aromatic heterocycles. The molecule has 4 rings (SSSR count). The largest absolute Gasteiger partial charge is 0.295 e. The number of hydrogen-bond donors (Lipinski definition) is 1. The zero-order valence-corrected chi connectivity index (χ0v) is 15.0. The Kier molecular flexibility index (Phi) is 4.19. The van der Waals surface area contributed by atoms with Crippen molar-refractivity contribution >= 4 is 33.4 Å². The van der Waals surface area contributed by atoms with Crippen molar-refractivity contribution in [3.63, 3.8) is 0 Å². The number of carbonyl (C=O) groups excluding carboxylic acids is 1. The van der Waals surface area contributed by atoms with Crippen LogP contribution in [0.3, 0.4) is 0 Å². The number of benzene rings is 1.